The molecule has 0 N–H and O–H groups in total. The first kappa shape index (κ1) is 13.1. The van der Waals surface area contributed by atoms with Crippen molar-refractivity contribution in [1.82, 2.24) is 4.90 Å². The summed E-state index contributed by atoms with van der Waals surface area (Å²) in [4.78, 5) is 16.0. The van der Waals surface area contributed by atoms with E-state index in [9.17, 15) is 4.79 Å². The quantitative estimate of drug-likeness (QED) is 0.773. The molecule has 2 nitrogen and oxygen atoms in total. The lowest BCUT2D eigenvalue weighted by Gasteiger charge is -2.57. The van der Waals surface area contributed by atoms with E-state index in [1.165, 1.54) is 64.2 Å². The van der Waals surface area contributed by atoms with E-state index in [-0.39, 0.29) is 5.41 Å². The predicted octanol–water partition coefficient (Wildman–Crippen LogP) is 3.64. The van der Waals surface area contributed by atoms with E-state index in [1.807, 2.05) is 0 Å². The Hall–Kier alpha value is -0.370. The van der Waals surface area contributed by atoms with Crippen molar-refractivity contribution in [2.45, 2.75) is 76.3 Å². The highest BCUT2D eigenvalue weighted by Crippen LogP contribution is 2.61. The molecule has 2 aliphatic heterocycles. The van der Waals surface area contributed by atoms with E-state index in [0.29, 0.717) is 18.0 Å². The zero-order valence-electron chi connectivity index (χ0n) is 13.4. The number of piperidine rings is 1. The molecule has 0 aromatic carbocycles. The van der Waals surface area contributed by atoms with Gasteiger partial charge in [0.1, 0.15) is 5.78 Å². The Labute approximate surface area is 128 Å². The van der Waals surface area contributed by atoms with E-state index in [2.05, 4.69) is 11.9 Å². The van der Waals surface area contributed by atoms with Gasteiger partial charge in [-0.1, -0.05) is 0 Å². The van der Waals surface area contributed by atoms with Gasteiger partial charge in [0.05, 0.1) is 0 Å². The number of rotatable bonds is 2. The molecule has 6 fully saturated rings. The van der Waals surface area contributed by atoms with Gasteiger partial charge in [0.25, 0.3) is 0 Å². The standard InChI is InChI=1S/C19H29NO/c1-20-16-2-3-17(20)8-15(7-16)18(21)19-9-12-4-13(10-19)6-14(5-12)11-19/h12-17H,2-11H2,1H3. The summed E-state index contributed by atoms with van der Waals surface area (Å²) < 4.78 is 0. The van der Waals surface area contributed by atoms with Crippen molar-refractivity contribution in [1.29, 1.82) is 0 Å². The van der Waals surface area contributed by atoms with Crippen LogP contribution < -0.4 is 0 Å². The second-order valence-electron chi connectivity index (χ2n) is 9.28. The number of ketones is 1. The molecule has 2 heterocycles. The summed E-state index contributed by atoms with van der Waals surface area (Å²) in [6.07, 6.45) is 13.2. The van der Waals surface area contributed by atoms with Gasteiger partial charge < -0.3 is 4.90 Å². The average Bonchev–Trinajstić information content (AvgIpc) is 2.68. The summed E-state index contributed by atoms with van der Waals surface area (Å²) in [6.45, 7) is 0. The number of hydrogen-bond acceptors (Lipinski definition) is 2. The molecule has 6 rings (SSSR count). The van der Waals surface area contributed by atoms with Crippen molar-refractivity contribution in [2.24, 2.45) is 29.1 Å². The van der Waals surface area contributed by atoms with Gasteiger partial charge in [0, 0.05) is 23.4 Å². The van der Waals surface area contributed by atoms with Gasteiger partial charge in [-0.15, -0.1) is 0 Å². The highest BCUT2D eigenvalue weighted by molar-refractivity contribution is 5.87. The summed E-state index contributed by atoms with van der Waals surface area (Å²) in [5, 5.41) is 0. The lowest BCUT2D eigenvalue weighted by atomic mass is 9.47. The number of carbonyl (C=O) groups is 1. The van der Waals surface area contributed by atoms with E-state index >= 15 is 0 Å². The molecule has 2 heteroatoms. The van der Waals surface area contributed by atoms with E-state index in [4.69, 9.17) is 0 Å². The fraction of sp³-hybridized carbons (Fsp3) is 0.947. The highest BCUT2D eigenvalue weighted by atomic mass is 16.1. The normalized spacial score (nSPS) is 55.1. The number of hydrogen-bond donors (Lipinski definition) is 0. The summed E-state index contributed by atoms with van der Waals surface area (Å²) >= 11 is 0. The second kappa shape index (κ2) is 4.34. The molecule has 0 aromatic heterocycles. The molecular formula is C19H29NO. The molecule has 0 radical (unpaired) electrons. The van der Waals surface area contributed by atoms with E-state index in [0.717, 1.165) is 23.5 Å². The van der Waals surface area contributed by atoms with Crippen LogP contribution in [0, 0.1) is 29.1 Å². The maximum atomic E-state index is 13.5. The lowest BCUT2D eigenvalue weighted by Crippen LogP contribution is -2.53. The SMILES string of the molecule is CN1C2CCC1CC(C(=O)C13CC4CC(CC(C4)C1)C3)C2. The third kappa shape index (κ3) is 1.84. The Morgan fingerprint density at radius 2 is 1.33 bits per heavy atom. The van der Waals surface area contributed by atoms with Crippen LogP contribution >= 0.6 is 0 Å². The second-order valence-corrected chi connectivity index (χ2v) is 9.28. The Kier molecular flexibility index (Phi) is 2.71. The van der Waals surface area contributed by atoms with Gasteiger partial charge in [0.2, 0.25) is 0 Å². The third-order valence-electron chi connectivity index (χ3n) is 8.03. The Morgan fingerprint density at radius 1 is 0.857 bits per heavy atom. The molecule has 2 saturated heterocycles. The van der Waals surface area contributed by atoms with Crippen molar-refractivity contribution in [2.75, 3.05) is 7.05 Å². The summed E-state index contributed by atoms with van der Waals surface area (Å²) in [7, 11) is 2.29. The van der Waals surface area contributed by atoms with Crippen LogP contribution in [0.15, 0.2) is 0 Å². The molecule has 21 heavy (non-hydrogen) atoms. The lowest BCUT2D eigenvalue weighted by molar-refractivity contribution is -0.150. The molecule has 0 amide bonds. The van der Waals surface area contributed by atoms with Crippen molar-refractivity contribution < 1.29 is 4.79 Å². The number of fused-ring (bicyclic) bond motifs is 2. The van der Waals surface area contributed by atoms with Gasteiger partial charge in [-0.3, -0.25) is 4.79 Å². The molecule has 2 atom stereocenters. The fourth-order valence-electron chi connectivity index (χ4n) is 7.47. The minimum absolute atomic E-state index is 0.148. The smallest absolute Gasteiger partial charge is 0.142 e. The molecule has 116 valence electrons. The summed E-state index contributed by atoms with van der Waals surface area (Å²) in [6, 6.07) is 1.43. The van der Waals surface area contributed by atoms with Crippen LogP contribution in [-0.4, -0.2) is 29.8 Å². The van der Waals surface area contributed by atoms with Crippen LogP contribution in [-0.2, 0) is 4.79 Å². The van der Waals surface area contributed by atoms with E-state index < -0.39 is 0 Å². The fourth-order valence-corrected chi connectivity index (χ4v) is 7.47. The first-order valence-electron chi connectivity index (χ1n) is 9.39. The van der Waals surface area contributed by atoms with E-state index in [1.54, 1.807) is 0 Å². The van der Waals surface area contributed by atoms with Crippen LogP contribution in [0.2, 0.25) is 0 Å². The predicted molar refractivity (Wildman–Crippen MR) is 82.9 cm³/mol. The van der Waals surface area contributed by atoms with Gasteiger partial charge in [-0.05, 0) is 89.0 Å². The first-order valence-corrected chi connectivity index (χ1v) is 9.39. The Balaban J connectivity index is 1.39. The summed E-state index contributed by atoms with van der Waals surface area (Å²) in [5.41, 5.74) is 0.148. The van der Waals surface area contributed by atoms with Crippen molar-refractivity contribution in [3.05, 3.63) is 0 Å². The molecule has 2 unspecified atom stereocenters. The van der Waals surface area contributed by atoms with Gasteiger partial charge in [0.15, 0.2) is 0 Å². The number of Topliss-reactive ketones (excluding diaryl/α,β-unsaturated/α-hetero) is 1. The maximum absolute atomic E-state index is 13.5. The molecule has 4 saturated carbocycles. The topological polar surface area (TPSA) is 20.3 Å². The van der Waals surface area contributed by atoms with Crippen LogP contribution in [0.4, 0.5) is 0 Å². The third-order valence-corrected chi connectivity index (χ3v) is 8.03. The largest absolute Gasteiger partial charge is 0.300 e. The first-order chi connectivity index (χ1) is 10.1. The maximum Gasteiger partial charge on any atom is 0.142 e. The monoisotopic (exact) mass is 287 g/mol. The molecule has 6 aliphatic rings. The number of nitrogens with zero attached hydrogens (tertiary/aromatic N) is 1. The Bertz CT molecular complexity index is 421. The van der Waals surface area contributed by atoms with Crippen molar-refractivity contribution in [3.63, 3.8) is 0 Å². The van der Waals surface area contributed by atoms with Crippen LogP contribution in [0.3, 0.4) is 0 Å². The van der Waals surface area contributed by atoms with Crippen LogP contribution in [0.1, 0.15) is 64.2 Å². The zero-order valence-corrected chi connectivity index (χ0v) is 13.4. The highest BCUT2D eigenvalue weighted by Gasteiger charge is 2.56. The molecular weight excluding hydrogens is 258 g/mol. The molecule has 0 aromatic rings. The van der Waals surface area contributed by atoms with Gasteiger partial charge in [-0.2, -0.15) is 0 Å². The van der Waals surface area contributed by atoms with Gasteiger partial charge >= 0.3 is 0 Å². The molecule has 0 spiro atoms. The molecule has 4 aliphatic carbocycles. The number of carbonyl (C=O) groups excluding carboxylic acids is 1. The van der Waals surface area contributed by atoms with Crippen LogP contribution in [0.25, 0.3) is 0 Å². The average molecular weight is 287 g/mol. The minimum Gasteiger partial charge on any atom is -0.300 e. The zero-order chi connectivity index (χ0) is 14.2. The van der Waals surface area contributed by atoms with Crippen molar-refractivity contribution >= 4 is 5.78 Å². The Morgan fingerprint density at radius 3 is 1.81 bits per heavy atom. The van der Waals surface area contributed by atoms with Crippen LogP contribution in [0.5, 0.6) is 0 Å². The molecule has 6 bridgehead atoms. The van der Waals surface area contributed by atoms with Crippen molar-refractivity contribution in [3.8, 4) is 0 Å². The minimum atomic E-state index is 0.148. The van der Waals surface area contributed by atoms with Gasteiger partial charge in [-0.25, -0.2) is 0 Å². The summed E-state index contributed by atoms with van der Waals surface area (Å²) in [5.74, 6) is 3.86.